The van der Waals surface area contributed by atoms with Crippen molar-refractivity contribution in [3.63, 3.8) is 0 Å². The normalized spacial score (nSPS) is 42.5. The van der Waals surface area contributed by atoms with Crippen LogP contribution >= 0.6 is 0 Å². The van der Waals surface area contributed by atoms with E-state index in [1.807, 2.05) is 0 Å². The third-order valence-corrected chi connectivity index (χ3v) is 3.47. The molecule has 0 unspecified atom stereocenters. The zero-order valence-electron chi connectivity index (χ0n) is 6.92. The summed E-state index contributed by atoms with van der Waals surface area (Å²) in [6.07, 6.45) is 10.9. The molecule has 1 saturated carbocycles. The van der Waals surface area contributed by atoms with Gasteiger partial charge in [-0.1, -0.05) is 18.6 Å². The molecule has 1 N–H and O–H groups in total. The van der Waals surface area contributed by atoms with Gasteiger partial charge in [-0.15, -0.1) is 0 Å². The van der Waals surface area contributed by atoms with Gasteiger partial charge in [0.1, 0.15) is 0 Å². The van der Waals surface area contributed by atoms with Crippen molar-refractivity contribution in [1.29, 1.82) is 0 Å². The minimum atomic E-state index is 0.300. The molecule has 0 aromatic carbocycles. The Morgan fingerprint density at radius 3 is 3.09 bits per heavy atom. The monoisotopic (exact) mass is 152 g/mol. The molecule has 1 fully saturated rings. The first-order chi connectivity index (χ1) is 5.37. The van der Waals surface area contributed by atoms with E-state index in [2.05, 4.69) is 12.2 Å². The van der Waals surface area contributed by atoms with E-state index in [9.17, 15) is 5.11 Å². The van der Waals surface area contributed by atoms with Crippen molar-refractivity contribution < 1.29 is 5.11 Å². The van der Waals surface area contributed by atoms with Crippen molar-refractivity contribution in [2.24, 2.45) is 11.3 Å². The summed E-state index contributed by atoms with van der Waals surface area (Å²) in [4.78, 5) is 0. The molecule has 0 saturated heterocycles. The van der Waals surface area contributed by atoms with Gasteiger partial charge < -0.3 is 5.11 Å². The second-order valence-corrected chi connectivity index (χ2v) is 3.99. The lowest BCUT2D eigenvalue weighted by molar-refractivity contribution is 0.0887. The molecule has 2 atom stereocenters. The number of hydrogen-bond acceptors (Lipinski definition) is 1. The summed E-state index contributed by atoms with van der Waals surface area (Å²) in [5.74, 6) is 0.696. The number of fused-ring (bicyclic) bond motifs is 1. The third kappa shape index (κ3) is 1.02. The third-order valence-electron chi connectivity index (χ3n) is 3.47. The maximum atomic E-state index is 9.32. The van der Waals surface area contributed by atoms with Gasteiger partial charge >= 0.3 is 0 Å². The number of aliphatic hydroxyl groups excluding tert-OH is 1. The average Bonchev–Trinajstić information content (AvgIpc) is 2.48. The van der Waals surface area contributed by atoms with E-state index in [-0.39, 0.29) is 0 Å². The first kappa shape index (κ1) is 7.35. The van der Waals surface area contributed by atoms with E-state index in [0.717, 1.165) is 0 Å². The van der Waals surface area contributed by atoms with Crippen molar-refractivity contribution in [2.45, 2.75) is 32.1 Å². The first-order valence-corrected chi connectivity index (χ1v) is 4.65. The highest BCUT2D eigenvalue weighted by atomic mass is 16.3. The average molecular weight is 152 g/mol. The molecule has 0 aromatic heterocycles. The predicted octanol–water partition coefficient (Wildman–Crippen LogP) is 2.12. The molecule has 62 valence electrons. The van der Waals surface area contributed by atoms with Crippen LogP contribution in [0.4, 0.5) is 0 Å². The van der Waals surface area contributed by atoms with Gasteiger partial charge in [-0.05, 0) is 31.6 Å². The van der Waals surface area contributed by atoms with Gasteiger partial charge in [0.25, 0.3) is 0 Å². The van der Waals surface area contributed by atoms with Gasteiger partial charge in [0, 0.05) is 12.0 Å². The van der Waals surface area contributed by atoms with Gasteiger partial charge in [0.2, 0.25) is 0 Å². The number of hydrogen-bond donors (Lipinski definition) is 1. The van der Waals surface area contributed by atoms with Crippen molar-refractivity contribution in [2.75, 3.05) is 6.61 Å². The standard InChI is InChI=1S/C10H16O/c11-8-10-6-2-1-4-9(10)5-3-7-10/h1,4,9,11H,2-3,5-8H2/t9-,10+/m0/s1. The molecule has 0 amide bonds. The van der Waals surface area contributed by atoms with Crippen LogP contribution < -0.4 is 0 Å². The molecule has 2 aliphatic carbocycles. The smallest absolute Gasteiger partial charge is 0.0493 e. The highest BCUT2D eigenvalue weighted by Gasteiger charge is 2.41. The summed E-state index contributed by atoms with van der Waals surface area (Å²) in [6.45, 7) is 0.405. The molecule has 2 rings (SSSR count). The topological polar surface area (TPSA) is 20.2 Å². The lowest BCUT2D eigenvalue weighted by Gasteiger charge is -2.34. The van der Waals surface area contributed by atoms with Crippen LogP contribution in [-0.2, 0) is 0 Å². The first-order valence-electron chi connectivity index (χ1n) is 4.65. The largest absolute Gasteiger partial charge is 0.396 e. The summed E-state index contributed by atoms with van der Waals surface area (Å²) in [6, 6.07) is 0. The maximum Gasteiger partial charge on any atom is 0.0493 e. The highest BCUT2D eigenvalue weighted by Crippen LogP contribution is 2.49. The van der Waals surface area contributed by atoms with E-state index in [0.29, 0.717) is 17.9 Å². The second-order valence-electron chi connectivity index (χ2n) is 3.99. The molecular weight excluding hydrogens is 136 g/mol. The second kappa shape index (κ2) is 2.63. The quantitative estimate of drug-likeness (QED) is 0.570. The molecule has 11 heavy (non-hydrogen) atoms. The Bertz CT molecular complexity index is 174. The van der Waals surface area contributed by atoms with Crippen LogP contribution in [0.3, 0.4) is 0 Å². The zero-order valence-corrected chi connectivity index (χ0v) is 6.92. The molecule has 0 heterocycles. The highest BCUT2D eigenvalue weighted by molar-refractivity contribution is 5.07. The zero-order chi connectivity index (χ0) is 7.73. The van der Waals surface area contributed by atoms with Crippen LogP contribution in [-0.4, -0.2) is 11.7 Å². The van der Waals surface area contributed by atoms with E-state index in [1.54, 1.807) is 0 Å². The Labute approximate surface area is 68.1 Å². The van der Waals surface area contributed by atoms with E-state index < -0.39 is 0 Å². The van der Waals surface area contributed by atoms with Crippen molar-refractivity contribution in [3.8, 4) is 0 Å². The Kier molecular flexibility index (Phi) is 1.76. The van der Waals surface area contributed by atoms with Gasteiger partial charge in [0.05, 0.1) is 0 Å². The van der Waals surface area contributed by atoms with Crippen LogP contribution in [0.2, 0.25) is 0 Å². The van der Waals surface area contributed by atoms with Gasteiger partial charge in [-0.3, -0.25) is 0 Å². The summed E-state index contributed by atoms with van der Waals surface area (Å²) in [5, 5.41) is 9.32. The van der Waals surface area contributed by atoms with Crippen LogP contribution in [0.1, 0.15) is 32.1 Å². The van der Waals surface area contributed by atoms with Crippen molar-refractivity contribution >= 4 is 0 Å². The summed E-state index contributed by atoms with van der Waals surface area (Å²) in [5.41, 5.74) is 0.300. The van der Waals surface area contributed by atoms with Crippen LogP contribution in [0.5, 0.6) is 0 Å². The van der Waals surface area contributed by atoms with Gasteiger partial charge in [-0.2, -0.15) is 0 Å². The van der Waals surface area contributed by atoms with Crippen LogP contribution in [0.15, 0.2) is 12.2 Å². The van der Waals surface area contributed by atoms with E-state index >= 15 is 0 Å². The minimum Gasteiger partial charge on any atom is -0.396 e. The lowest BCUT2D eigenvalue weighted by atomic mass is 9.72. The van der Waals surface area contributed by atoms with Crippen molar-refractivity contribution in [1.82, 2.24) is 0 Å². The molecule has 0 bridgehead atoms. The molecule has 0 aliphatic heterocycles. The fraction of sp³-hybridized carbons (Fsp3) is 0.800. The van der Waals surface area contributed by atoms with E-state index in [1.165, 1.54) is 32.1 Å². The SMILES string of the molecule is OC[C@]12CCC=C[C@H]1CCC2. The van der Waals surface area contributed by atoms with Gasteiger partial charge in [-0.25, -0.2) is 0 Å². The summed E-state index contributed by atoms with van der Waals surface area (Å²) in [7, 11) is 0. The van der Waals surface area contributed by atoms with Crippen molar-refractivity contribution in [3.05, 3.63) is 12.2 Å². The van der Waals surface area contributed by atoms with Crippen LogP contribution in [0, 0.1) is 11.3 Å². The number of aliphatic hydroxyl groups is 1. The lowest BCUT2D eigenvalue weighted by Crippen LogP contribution is -2.30. The van der Waals surface area contributed by atoms with Crippen LogP contribution in [0.25, 0.3) is 0 Å². The molecule has 0 aromatic rings. The fourth-order valence-corrected chi connectivity index (χ4v) is 2.68. The molecule has 2 aliphatic rings. The predicted molar refractivity (Wildman–Crippen MR) is 45.2 cm³/mol. The molecule has 0 spiro atoms. The summed E-state index contributed by atoms with van der Waals surface area (Å²) >= 11 is 0. The number of rotatable bonds is 1. The summed E-state index contributed by atoms with van der Waals surface area (Å²) < 4.78 is 0. The fourth-order valence-electron chi connectivity index (χ4n) is 2.68. The molecule has 1 heteroatoms. The molecule has 0 radical (unpaired) electrons. The van der Waals surface area contributed by atoms with Gasteiger partial charge in [0.15, 0.2) is 0 Å². The molecule has 1 nitrogen and oxygen atoms in total. The minimum absolute atomic E-state index is 0.300. The maximum absolute atomic E-state index is 9.32. The molecular formula is C10H16O. The number of allylic oxidation sites excluding steroid dienone is 2. The Hall–Kier alpha value is -0.300. The van der Waals surface area contributed by atoms with E-state index in [4.69, 9.17) is 0 Å². The Morgan fingerprint density at radius 2 is 2.36 bits per heavy atom. The Balaban J connectivity index is 2.21. The Morgan fingerprint density at radius 1 is 1.45 bits per heavy atom.